The summed E-state index contributed by atoms with van der Waals surface area (Å²) in [7, 11) is -3.60. The smallest absolute Gasteiger partial charge is 0.241 e. The minimum Gasteiger partial charge on any atom is -0.395 e. The first-order valence-electron chi connectivity index (χ1n) is 6.45. The molecule has 1 rings (SSSR count). The highest BCUT2D eigenvalue weighted by Gasteiger charge is 2.24. The molecule has 0 saturated heterocycles. The number of aryl methyl sites for hydroxylation is 2. The van der Waals surface area contributed by atoms with Gasteiger partial charge < -0.3 is 5.11 Å². The lowest BCUT2D eigenvalue weighted by molar-refractivity contribution is 0.254. The van der Waals surface area contributed by atoms with Crippen molar-refractivity contribution < 1.29 is 13.5 Å². The van der Waals surface area contributed by atoms with Crippen molar-refractivity contribution in [2.24, 2.45) is 0 Å². The fourth-order valence-corrected chi connectivity index (χ4v) is 4.04. The van der Waals surface area contributed by atoms with Crippen LogP contribution >= 0.6 is 0 Å². The Morgan fingerprint density at radius 1 is 1.16 bits per heavy atom. The van der Waals surface area contributed by atoms with Crippen molar-refractivity contribution in [1.29, 1.82) is 0 Å². The number of aliphatic hydroxyl groups excluding tert-OH is 1. The van der Waals surface area contributed by atoms with Gasteiger partial charge in [-0.15, -0.1) is 0 Å². The molecule has 0 bridgehead atoms. The van der Waals surface area contributed by atoms with E-state index < -0.39 is 16.1 Å². The third-order valence-corrected chi connectivity index (χ3v) is 5.39. The van der Waals surface area contributed by atoms with E-state index in [2.05, 4.69) is 4.72 Å². The fourth-order valence-electron chi connectivity index (χ4n) is 2.11. The molecule has 108 valence electrons. The second-order valence-corrected chi connectivity index (χ2v) is 6.65. The second kappa shape index (κ2) is 6.03. The third-order valence-electron chi connectivity index (χ3n) is 3.60. The molecule has 0 saturated carbocycles. The van der Waals surface area contributed by atoms with Crippen molar-refractivity contribution in [2.75, 3.05) is 6.61 Å². The van der Waals surface area contributed by atoms with Crippen LogP contribution in [-0.2, 0) is 10.0 Å². The molecule has 0 amide bonds. The van der Waals surface area contributed by atoms with Crippen LogP contribution in [0.1, 0.15) is 35.6 Å². The molecule has 1 aromatic carbocycles. The van der Waals surface area contributed by atoms with Crippen LogP contribution in [0.3, 0.4) is 0 Å². The van der Waals surface area contributed by atoms with E-state index in [0.29, 0.717) is 11.3 Å². The maximum Gasteiger partial charge on any atom is 0.241 e. The fraction of sp³-hybridized carbons (Fsp3) is 0.571. The van der Waals surface area contributed by atoms with Crippen LogP contribution in [0.15, 0.2) is 11.0 Å². The Morgan fingerprint density at radius 3 is 2.00 bits per heavy atom. The predicted octanol–water partition coefficient (Wildman–Crippen LogP) is 1.97. The highest BCUT2D eigenvalue weighted by atomic mass is 32.2. The molecule has 0 spiro atoms. The van der Waals surface area contributed by atoms with Gasteiger partial charge in [0.15, 0.2) is 0 Å². The van der Waals surface area contributed by atoms with E-state index in [1.807, 2.05) is 40.7 Å². The maximum absolute atomic E-state index is 12.5. The molecular formula is C14H23NO3S. The number of rotatable bonds is 5. The summed E-state index contributed by atoms with van der Waals surface area (Å²) in [4.78, 5) is 0.344. The Kier molecular flexibility index (Phi) is 5.12. The summed E-state index contributed by atoms with van der Waals surface area (Å²) in [5, 5.41) is 9.16. The predicted molar refractivity (Wildman–Crippen MR) is 76.9 cm³/mol. The second-order valence-electron chi connectivity index (χ2n) is 5.00. The normalized spacial score (nSPS) is 13.6. The highest BCUT2D eigenvalue weighted by molar-refractivity contribution is 7.89. The Balaban J connectivity index is 3.37. The summed E-state index contributed by atoms with van der Waals surface area (Å²) < 4.78 is 27.5. The zero-order valence-corrected chi connectivity index (χ0v) is 13.1. The molecule has 0 radical (unpaired) electrons. The molecule has 4 nitrogen and oxygen atoms in total. The Bertz CT molecular complexity index is 534. The maximum atomic E-state index is 12.5. The van der Waals surface area contributed by atoms with Crippen molar-refractivity contribution in [3.05, 3.63) is 28.3 Å². The number of nitrogens with one attached hydrogen (secondary N) is 1. The monoisotopic (exact) mass is 285 g/mol. The minimum atomic E-state index is -3.60. The number of hydrogen-bond acceptors (Lipinski definition) is 3. The van der Waals surface area contributed by atoms with E-state index in [1.165, 1.54) is 0 Å². The van der Waals surface area contributed by atoms with Gasteiger partial charge in [0, 0.05) is 6.04 Å². The average Bonchev–Trinajstić information content (AvgIpc) is 2.33. The van der Waals surface area contributed by atoms with E-state index in [9.17, 15) is 8.42 Å². The lowest BCUT2D eigenvalue weighted by atomic mass is 10.0. The van der Waals surface area contributed by atoms with Crippen LogP contribution in [0, 0.1) is 27.7 Å². The molecular weight excluding hydrogens is 262 g/mol. The van der Waals surface area contributed by atoms with Gasteiger partial charge in [0.05, 0.1) is 11.5 Å². The van der Waals surface area contributed by atoms with E-state index in [0.717, 1.165) is 22.3 Å². The van der Waals surface area contributed by atoms with Crippen molar-refractivity contribution in [2.45, 2.75) is 52.0 Å². The van der Waals surface area contributed by atoms with Crippen molar-refractivity contribution in [3.63, 3.8) is 0 Å². The van der Waals surface area contributed by atoms with Gasteiger partial charge in [0.25, 0.3) is 0 Å². The topological polar surface area (TPSA) is 66.4 Å². The molecule has 0 heterocycles. The molecule has 0 aliphatic heterocycles. The Hall–Kier alpha value is -0.910. The van der Waals surface area contributed by atoms with Gasteiger partial charge in [-0.05, 0) is 56.4 Å². The zero-order valence-electron chi connectivity index (χ0n) is 12.2. The van der Waals surface area contributed by atoms with Gasteiger partial charge in [0.2, 0.25) is 10.0 Å². The standard InChI is InChI=1S/C14H23NO3S/c1-6-13(8-16)15-19(17,18)14-11(4)9(2)7-10(3)12(14)5/h7,13,15-16H,6,8H2,1-5H3/t13-/m1/s1. The Morgan fingerprint density at radius 2 is 1.63 bits per heavy atom. The number of benzene rings is 1. The summed E-state index contributed by atoms with van der Waals surface area (Å²) in [5.74, 6) is 0. The SMILES string of the molecule is CC[C@H](CO)NS(=O)(=O)c1c(C)c(C)cc(C)c1C. The summed E-state index contributed by atoms with van der Waals surface area (Å²) in [6, 6.07) is 1.55. The van der Waals surface area contributed by atoms with Crippen molar-refractivity contribution in [1.82, 2.24) is 4.72 Å². The van der Waals surface area contributed by atoms with Gasteiger partial charge in [-0.25, -0.2) is 13.1 Å². The lowest BCUT2D eigenvalue weighted by Gasteiger charge is -2.19. The molecule has 0 aliphatic carbocycles. The van der Waals surface area contributed by atoms with Crippen LogP contribution < -0.4 is 4.72 Å². The molecule has 1 aromatic rings. The lowest BCUT2D eigenvalue weighted by Crippen LogP contribution is -2.37. The molecule has 0 unspecified atom stereocenters. The van der Waals surface area contributed by atoms with Crippen LogP contribution in [-0.4, -0.2) is 26.2 Å². The molecule has 2 N–H and O–H groups in total. The first-order valence-corrected chi connectivity index (χ1v) is 7.93. The zero-order chi connectivity index (χ0) is 14.8. The van der Waals surface area contributed by atoms with Gasteiger partial charge in [0.1, 0.15) is 0 Å². The summed E-state index contributed by atoms with van der Waals surface area (Å²) in [6.07, 6.45) is 0.554. The van der Waals surface area contributed by atoms with E-state index in [-0.39, 0.29) is 6.61 Å². The van der Waals surface area contributed by atoms with E-state index in [1.54, 1.807) is 0 Å². The number of aliphatic hydroxyl groups is 1. The quantitative estimate of drug-likeness (QED) is 0.869. The van der Waals surface area contributed by atoms with Crippen molar-refractivity contribution in [3.8, 4) is 0 Å². The average molecular weight is 285 g/mol. The molecule has 1 atom stereocenters. The van der Waals surface area contributed by atoms with Crippen LogP contribution in [0.4, 0.5) is 0 Å². The first kappa shape index (κ1) is 16.1. The van der Waals surface area contributed by atoms with E-state index >= 15 is 0 Å². The minimum absolute atomic E-state index is 0.196. The number of hydrogen-bond donors (Lipinski definition) is 2. The molecule has 0 aliphatic rings. The van der Waals surface area contributed by atoms with Gasteiger partial charge in [-0.2, -0.15) is 0 Å². The molecule has 0 aromatic heterocycles. The van der Waals surface area contributed by atoms with Crippen LogP contribution in [0.5, 0.6) is 0 Å². The van der Waals surface area contributed by atoms with Gasteiger partial charge in [-0.3, -0.25) is 0 Å². The third kappa shape index (κ3) is 3.35. The van der Waals surface area contributed by atoms with Crippen molar-refractivity contribution >= 4 is 10.0 Å². The molecule has 19 heavy (non-hydrogen) atoms. The highest BCUT2D eigenvalue weighted by Crippen LogP contribution is 2.26. The summed E-state index contributed by atoms with van der Waals surface area (Å²) >= 11 is 0. The van der Waals surface area contributed by atoms with Crippen LogP contribution in [0.2, 0.25) is 0 Å². The van der Waals surface area contributed by atoms with E-state index in [4.69, 9.17) is 5.11 Å². The summed E-state index contributed by atoms with van der Waals surface area (Å²) in [6.45, 7) is 9.09. The van der Waals surface area contributed by atoms with Crippen LogP contribution in [0.25, 0.3) is 0 Å². The van der Waals surface area contributed by atoms with Gasteiger partial charge >= 0.3 is 0 Å². The van der Waals surface area contributed by atoms with Gasteiger partial charge in [-0.1, -0.05) is 13.0 Å². The molecule has 5 heteroatoms. The molecule has 0 fully saturated rings. The largest absolute Gasteiger partial charge is 0.395 e. The Labute approximate surface area is 115 Å². The first-order chi connectivity index (χ1) is 8.74. The summed E-state index contributed by atoms with van der Waals surface area (Å²) in [5.41, 5.74) is 3.45. The number of sulfonamides is 1.